The van der Waals surface area contributed by atoms with Crippen molar-refractivity contribution in [2.75, 3.05) is 5.75 Å². The van der Waals surface area contributed by atoms with Crippen molar-refractivity contribution >= 4 is 15.9 Å². The van der Waals surface area contributed by atoms with Crippen LogP contribution in [0.15, 0.2) is 0 Å². The molecule has 3 aliphatic rings. The minimum atomic E-state index is -3.53. The third kappa shape index (κ3) is 1.08. The van der Waals surface area contributed by atoms with Crippen molar-refractivity contribution < 1.29 is 13.2 Å². The summed E-state index contributed by atoms with van der Waals surface area (Å²) in [5.74, 6) is 1.86. The summed E-state index contributed by atoms with van der Waals surface area (Å²) >= 11 is 0. The maximum Gasteiger partial charge on any atom is 0.311 e. The highest BCUT2D eigenvalue weighted by molar-refractivity contribution is 7.90. The lowest BCUT2D eigenvalue weighted by Crippen LogP contribution is -2.43. The standard InChI is InChI=1S/C13H17NO3S/c1-4-11(15)14-10-7-9-5-6-13(10,12(9,2)3)8-18(14,16)17/h1,9-10H,5-8H2,2-3H3/t9-,10-,13-/m1/s1. The summed E-state index contributed by atoms with van der Waals surface area (Å²) in [6.07, 6.45) is 7.85. The Morgan fingerprint density at radius 3 is 2.67 bits per heavy atom. The van der Waals surface area contributed by atoms with E-state index in [4.69, 9.17) is 6.42 Å². The van der Waals surface area contributed by atoms with E-state index in [1.54, 1.807) is 0 Å². The summed E-state index contributed by atoms with van der Waals surface area (Å²) in [6, 6.07) is -0.209. The van der Waals surface area contributed by atoms with E-state index in [1.165, 1.54) is 0 Å². The van der Waals surface area contributed by atoms with Crippen LogP contribution in [0.25, 0.3) is 0 Å². The van der Waals surface area contributed by atoms with Gasteiger partial charge in [0.2, 0.25) is 10.0 Å². The Hall–Kier alpha value is -1.02. The largest absolute Gasteiger partial charge is 0.311 e. The highest BCUT2D eigenvalue weighted by atomic mass is 32.2. The Bertz CT molecular complexity index is 572. The third-order valence-corrected chi connectivity index (χ3v) is 7.63. The normalized spacial score (nSPS) is 42.6. The molecule has 0 unspecified atom stereocenters. The van der Waals surface area contributed by atoms with Crippen LogP contribution in [-0.2, 0) is 14.8 Å². The first-order valence-corrected chi connectivity index (χ1v) is 7.90. The molecular weight excluding hydrogens is 250 g/mol. The molecule has 2 aliphatic carbocycles. The molecule has 1 saturated heterocycles. The molecule has 98 valence electrons. The minimum absolute atomic E-state index is 0.0195. The summed E-state index contributed by atoms with van der Waals surface area (Å²) in [7, 11) is -3.53. The molecule has 0 N–H and O–H groups in total. The van der Waals surface area contributed by atoms with E-state index in [1.807, 2.05) is 5.92 Å². The maximum absolute atomic E-state index is 12.3. The number of hydrogen-bond acceptors (Lipinski definition) is 3. The van der Waals surface area contributed by atoms with E-state index >= 15 is 0 Å². The fourth-order valence-electron chi connectivity index (χ4n) is 4.62. The molecule has 1 aliphatic heterocycles. The van der Waals surface area contributed by atoms with E-state index < -0.39 is 15.9 Å². The van der Waals surface area contributed by atoms with Crippen LogP contribution in [0.2, 0.25) is 0 Å². The lowest BCUT2D eigenvalue weighted by molar-refractivity contribution is -0.123. The van der Waals surface area contributed by atoms with Gasteiger partial charge in [0.25, 0.3) is 0 Å². The van der Waals surface area contributed by atoms with Gasteiger partial charge in [0.15, 0.2) is 0 Å². The molecule has 2 saturated carbocycles. The fraction of sp³-hybridized carbons (Fsp3) is 0.769. The number of nitrogens with zero attached hydrogens (tertiary/aromatic N) is 1. The molecule has 2 bridgehead atoms. The van der Waals surface area contributed by atoms with Crippen molar-refractivity contribution in [3.63, 3.8) is 0 Å². The predicted octanol–water partition coefficient (Wildman–Crippen LogP) is 0.986. The van der Waals surface area contributed by atoms with Crippen LogP contribution < -0.4 is 0 Å². The number of carbonyl (C=O) groups excluding carboxylic acids is 1. The predicted molar refractivity (Wildman–Crippen MR) is 66.8 cm³/mol. The van der Waals surface area contributed by atoms with Gasteiger partial charge in [-0.25, -0.2) is 12.7 Å². The van der Waals surface area contributed by atoms with Crippen LogP contribution in [0, 0.1) is 29.1 Å². The number of rotatable bonds is 0. The number of amides is 1. The Kier molecular flexibility index (Phi) is 2.08. The Morgan fingerprint density at radius 2 is 2.11 bits per heavy atom. The zero-order valence-electron chi connectivity index (χ0n) is 10.6. The zero-order valence-corrected chi connectivity index (χ0v) is 11.5. The van der Waals surface area contributed by atoms with E-state index in [9.17, 15) is 13.2 Å². The van der Waals surface area contributed by atoms with Crippen LogP contribution in [0.5, 0.6) is 0 Å². The van der Waals surface area contributed by atoms with Gasteiger partial charge in [-0.2, -0.15) is 0 Å². The highest BCUT2D eigenvalue weighted by Gasteiger charge is 2.72. The van der Waals surface area contributed by atoms with E-state index in [0.717, 1.165) is 23.6 Å². The van der Waals surface area contributed by atoms with Crippen molar-refractivity contribution in [2.24, 2.45) is 16.7 Å². The monoisotopic (exact) mass is 267 g/mol. The molecule has 18 heavy (non-hydrogen) atoms. The second kappa shape index (κ2) is 3.11. The van der Waals surface area contributed by atoms with Gasteiger partial charge in [0.1, 0.15) is 0 Å². The van der Waals surface area contributed by atoms with Crippen LogP contribution in [-0.4, -0.2) is 30.4 Å². The summed E-state index contributed by atoms with van der Waals surface area (Å²) in [4.78, 5) is 11.8. The first kappa shape index (κ1) is 12.0. The zero-order chi connectivity index (χ0) is 13.3. The minimum Gasteiger partial charge on any atom is -0.258 e. The third-order valence-electron chi connectivity index (χ3n) is 5.73. The topological polar surface area (TPSA) is 54.5 Å². The molecule has 4 nitrogen and oxygen atoms in total. The quantitative estimate of drug-likeness (QED) is 0.615. The molecule has 3 fully saturated rings. The van der Waals surface area contributed by atoms with Gasteiger partial charge < -0.3 is 0 Å². The van der Waals surface area contributed by atoms with E-state index in [2.05, 4.69) is 13.8 Å². The van der Waals surface area contributed by atoms with Gasteiger partial charge in [0, 0.05) is 5.41 Å². The van der Waals surface area contributed by atoms with Crippen molar-refractivity contribution in [1.29, 1.82) is 0 Å². The summed E-state index contributed by atoms with van der Waals surface area (Å²) in [5.41, 5.74) is -0.294. The van der Waals surface area contributed by atoms with Crippen molar-refractivity contribution in [2.45, 2.75) is 39.2 Å². The molecule has 0 radical (unpaired) electrons. The highest BCUT2D eigenvalue weighted by Crippen LogP contribution is 2.69. The van der Waals surface area contributed by atoms with Gasteiger partial charge in [0.05, 0.1) is 11.8 Å². The second-order valence-electron chi connectivity index (χ2n) is 6.37. The summed E-state index contributed by atoms with van der Waals surface area (Å²) < 4.78 is 25.5. The average molecular weight is 267 g/mol. The average Bonchev–Trinajstić information content (AvgIpc) is 2.74. The van der Waals surface area contributed by atoms with E-state index in [0.29, 0.717) is 5.92 Å². The smallest absolute Gasteiger partial charge is 0.258 e. The van der Waals surface area contributed by atoms with Gasteiger partial charge in [-0.3, -0.25) is 4.79 Å². The van der Waals surface area contributed by atoms with Gasteiger partial charge >= 0.3 is 5.91 Å². The number of fused-ring (bicyclic) bond motifs is 1. The summed E-state index contributed by atoms with van der Waals surface area (Å²) in [6.45, 7) is 4.29. The Labute approximate surface area is 108 Å². The first-order chi connectivity index (χ1) is 8.26. The second-order valence-corrected chi connectivity index (χ2v) is 8.21. The lowest BCUT2D eigenvalue weighted by Gasteiger charge is -2.36. The van der Waals surface area contributed by atoms with Gasteiger partial charge in [-0.1, -0.05) is 13.8 Å². The fourth-order valence-corrected chi connectivity index (χ4v) is 7.10. The SMILES string of the molecule is C#CC(=O)N1[C@@H]2C[C@H]3CC[C@]2(CS1(=O)=O)C3(C)C. The molecule has 1 heterocycles. The number of sulfonamides is 1. The first-order valence-electron chi connectivity index (χ1n) is 6.29. The number of hydrogen-bond donors (Lipinski definition) is 0. The van der Waals surface area contributed by atoms with Crippen molar-refractivity contribution in [1.82, 2.24) is 4.31 Å². The van der Waals surface area contributed by atoms with Crippen LogP contribution in [0.3, 0.4) is 0 Å². The Morgan fingerprint density at radius 1 is 1.44 bits per heavy atom. The molecular formula is C13H17NO3S. The molecule has 1 amide bonds. The van der Waals surface area contributed by atoms with Crippen LogP contribution in [0.4, 0.5) is 0 Å². The Balaban J connectivity index is 2.14. The maximum atomic E-state index is 12.3. The van der Waals surface area contributed by atoms with Gasteiger partial charge in [-0.05, 0) is 36.5 Å². The molecule has 5 heteroatoms. The summed E-state index contributed by atoms with van der Waals surface area (Å²) in [5, 5.41) is 0. The molecule has 0 aromatic rings. The molecule has 1 spiro atoms. The lowest BCUT2D eigenvalue weighted by atomic mass is 9.69. The molecule has 0 aromatic heterocycles. The van der Waals surface area contributed by atoms with Crippen LogP contribution in [0.1, 0.15) is 33.1 Å². The molecule has 3 atom stereocenters. The molecule has 0 aromatic carbocycles. The van der Waals surface area contributed by atoms with Crippen LogP contribution >= 0.6 is 0 Å². The molecule has 3 rings (SSSR count). The van der Waals surface area contributed by atoms with E-state index in [-0.39, 0.29) is 22.6 Å². The van der Waals surface area contributed by atoms with Gasteiger partial charge in [-0.15, -0.1) is 6.42 Å². The number of carbonyl (C=O) groups is 1. The number of terminal acetylenes is 1. The van der Waals surface area contributed by atoms with Crippen molar-refractivity contribution in [3.8, 4) is 12.3 Å². The van der Waals surface area contributed by atoms with Crippen molar-refractivity contribution in [3.05, 3.63) is 0 Å².